The first kappa shape index (κ1) is 22.3. The molecule has 3 rings (SSSR count). The number of anilines is 1. The van der Waals surface area contributed by atoms with Crippen LogP contribution in [0.4, 0.5) is 5.00 Å². The van der Waals surface area contributed by atoms with Gasteiger partial charge in [-0.05, 0) is 51.0 Å². The fourth-order valence-electron chi connectivity index (χ4n) is 3.08. The number of nitrogens with one attached hydrogen (secondary N) is 1. The van der Waals surface area contributed by atoms with Gasteiger partial charge in [0, 0.05) is 5.69 Å². The smallest absolute Gasteiger partial charge is 0.341 e. The molecule has 0 spiro atoms. The summed E-state index contributed by atoms with van der Waals surface area (Å²) in [5.41, 5.74) is 7.77. The summed E-state index contributed by atoms with van der Waals surface area (Å²) in [6.45, 7) is 7.90. The number of carbonyl (C=O) groups excluding carboxylic acids is 3. The Morgan fingerprint density at radius 3 is 2.61 bits per heavy atom. The molecule has 3 aromatic heterocycles. The van der Waals surface area contributed by atoms with Crippen LogP contribution in [0.1, 0.15) is 66.6 Å². The Labute approximate surface area is 183 Å². The Bertz CT molecular complexity index is 1140. The minimum absolute atomic E-state index is 0.0658. The number of carbonyl (C=O) groups is 3. The third-order valence-electron chi connectivity index (χ3n) is 4.53. The number of nitrogens with two attached hydrogens (primary N) is 1. The van der Waals surface area contributed by atoms with E-state index in [9.17, 15) is 14.4 Å². The summed E-state index contributed by atoms with van der Waals surface area (Å²) >= 11 is 0.930. The molecule has 0 aliphatic heterocycles. The Kier molecular flexibility index (Phi) is 6.59. The number of aromatic nitrogens is 2. The zero-order chi connectivity index (χ0) is 22.7. The maximum atomic E-state index is 12.7. The molecule has 31 heavy (non-hydrogen) atoms. The molecule has 3 N–H and O–H groups in total. The van der Waals surface area contributed by atoms with Crippen LogP contribution in [-0.2, 0) is 11.3 Å². The minimum Gasteiger partial charge on any atom is -0.462 e. The second-order valence-corrected chi connectivity index (χ2v) is 8.09. The molecule has 0 saturated heterocycles. The van der Waals surface area contributed by atoms with Crippen LogP contribution in [0.3, 0.4) is 0 Å². The van der Waals surface area contributed by atoms with Crippen molar-refractivity contribution in [3.8, 4) is 0 Å². The van der Waals surface area contributed by atoms with Crippen molar-refractivity contribution < 1.29 is 23.5 Å². The summed E-state index contributed by atoms with van der Waals surface area (Å²) in [7, 11) is 0. The maximum Gasteiger partial charge on any atom is 0.341 e. The van der Waals surface area contributed by atoms with E-state index in [0.29, 0.717) is 24.3 Å². The Morgan fingerprint density at radius 2 is 2.00 bits per heavy atom. The first-order valence-corrected chi connectivity index (χ1v) is 10.5. The van der Waals surface area contributed by atoms with E-state index in [1.165, 1.54) is 0 Å². The summed E-state index contributed by atoms with van der Waals surface area (Å²) in [5.74, 6) is -1.24. The number of hydrogen-bond acceptors (Lipinski definition) is 7. The van der Waals surface area contributed by atoms with E-state index in [0.717, 1.165) is 22.7 Å². The molecule has 0 unspecified atom stereocenters. The average molecular weight is 445 g/mol. The number of rotatable bonds is 8. The number of nitrogens with zero attached hydrogens (tertiary/aromatic N) is 2. The van der Waals surface area contributed by atoms with Crippen LogP contribution in [0.2, 0.25) is 0 Å². The van der Waals surface area contributed by atoms with E-state index in [4.69, 9.17) is 14.9 Å². The van der Waals surface area contributed by atoms with Crippen LogP contribution in [0.15, 0.2) is 22.6 Å². The SMILES string of the molecule is CCCOC(=O)c1c(NC(=O)c2ccc(Cn3nc(C)cc3C)o2)sc(C(N)=O)c1C. The lowest BCUT2D eigenvalue weighted by Gasteiger charge is -2.07. The standard InChI is InChI=1S/C21H24N4O5S/c1-5-8-29-21(28)16-13(4)17(18(22)26)31-20(16)23-19(27)15-7-6-14(30-15)10-25-12(3)9-11(2)24-25/h6-7,9H,5,8,10H2,1-4H3,(H2,22,26)(H,23,27). The number of amides is 2. The fraction of sp³-hybridized carbons (Fsp3) is 0.333. The highest BCUT2D eigenvalue weighted by atomic mass is 32.1. The van der Waals surface area contributed by atoms with E-state index in [1.807, 2.05) is 26.8 Å². The Morgan fingerprint density at radius 1 is 1.26 bits per heavy atom. The quantitative estimate of drug-likeness (QED) is 0.512. The van der Waals surface area contributed by atoms with Gasteiger partial charge in [0.2, 0.25) is 0 Å². The van der Waals surface area contributed by atoms with Gasteiger partial charge in [0.05, 0.1) is 29.3 Å². The summed E-state index contributed by atoms with van der Waals surface area (Å²) < 4.78 is 12.6. The molecular formula is C21H24N4O5S. The zero-order valence-electron chi connectivity index (χ0n) is 17.8. The predicted octanol–water partition coefficient (Wildman–Crippen LogP) is 3.43. The monoisotopic (exact) mass is 444 g/mol. The van der Waals surface area contributed by atoms with Crippen LogP contribution in [-0.4, -0.2) is 34.2 Å². The predicted molar refractivity (Wildman–Crippen MR) is 116 cm³/mol. The topological polar surface area (TPSA) is 129 Å². The van der Waals surface area contributed by atoms with E-state index >= 15 is 0 Å². The minimum atomic E-state index is -0.683. The third-order valence-corrected chi connectivity index (χ3v) is 5.76. The first-order valence-electron chi connectivity index (χ1n) is 9.72. The lowest BCUT2D eigenvalue weighted by Crippen LogP contribution is -2.15. The Hall–Kier alpha value is -3.40. The van der Waals surface area contributed by atoms with Crippen molar-refractivity contribution in [2.75, 3.05) is 11.9 Å². The van der Waals surface area contributed by atoms with Gasteiger partial charge in [0.15, 0.2) is 5.76 Å². The van der Waals surface area contributed by atoms with Gasteiger partial charge in [-0.3, -0.25) is 14.3 Å². The summed E-state index contributed by atoms with van der Waals surface area (Å²) in [4.78, 5) is 37.1. The van der Waals surface area contributed by atoms with Gasteiger partial charge in [-0.15, -0.1) is 11.3 Å². The molecule has 9 nitrogen and oxygen atoms in total. The van der Waals surface area contributed by atoms with E-state index in [2.05, 4.69) is 10.4 Å². The number of ether oxygens (including phenoxy) is 1. The van der Waals surface area contributed by atoms with E-state index in [1.54, 1.807) is 23.7 Å². The third kappa shape index (κ3) is 4.85. The molecule has 0 radical (unpaired) electrons. The highest BCUT2D eigenvalue weighted by Crippen LogP contribution is 2.34. The van der Waals surface area contributed by atoms with Crippen molar-refractivity contribution in [1.29, 1.82) is 0 Å². The van der Waals surface area contributed by atoms with Gasteiger partial charge in [0.25, 0.3) is 11.8 Å². The molecule has 0 atom stereocenters. The molecule has 2 amide bonds. The summed E-state index contributed by atoms with van der Waals surface area (Å²) in [6.07, 6.45) is 0.643. The van der Waals surface area contributed by atoms with Crippen LogP contribution in [0, 0.1) is 20.8 Å². The zero-order valence-corrected chi connectivity index (χ0v) is 18.6. The normalized spacial score (nSPS) is 10.8. The largest absolute Gasteiger partial charge is 0.462 e. The number of aryl methyl sites for hydroxylation is 2. The maximum absolute atomic E-state index is 12.7. The number of thiophene rings is 1. The summed E-state index contributed by atoms with van der Waals surface area (Å²) in [6, 6.07) is 5.18. The molecule has 0 bridgehead atoms. The van der Waals surface area contributed by atoms with Gasteiger partial charge >= 0.3 is 5.97 Å². The highest BCUT2D eigenvalue weighted by molar-refractivity contribution is 7.18. The van der Waals surface area contributed by atoms with Crippen LogP contribution >= 0.6 is 11.3 Å². The Balaban J connectivity index is 1.82. The lowest BCUT2D eigenvalue weighted by molar-refractivity contribution is 0.0506. The second kappa shape index (κ2) is 9.17. The van der Waals surface area contributed by atoms with Crippen molar-refractivity contribution in [3.63, 3.8) is 0 Å². The van der Waals surface area contributed by atoms with E-state index in [-0.39, 0.29) is 27.8 Å². The molecule has 164 valence electrons. The molecule has 3 aromatic rings. The molecule has 0 aromatic carbocycles. The van der Waals surface area contributed by atoms with Gasteiger partial charge in [-0.25, -0.2) is 4.79 Å². The van der Waals surface area contributed by atoms with Gasteiger partial charge in [-0.2, -0.15) is 5.10 Å². The molecule has 0 aliphatic rings. The molecule has 0 aliphatic carbocycles. The molecule has 10 heteroatoms. The summed E-state index contributed by atoms with van der Waals surface area (Å²) in [5, 5.41) is 7.21. The van der Waals surface area contributed by atoms with Gasteiger partial charge < -0.3 is 20.2 Å². The van der Waals surface area contributed by atoms with E-state index < -0.39 is 17.8 Å². The first-order chi connectivity index (χ1) is 14.7. The fourth-order valence-corrected chi connectivity index (χ4v) is 4.12. The molecule has 0 saturated carbocycles. The number of furan rings is 1. The average Bonchev–Trinajstić information content (AvgIpc) is 3.38. The molecular weight excluding hydrogens is 420 g/mol. The molecule has 3 heterocycles. The van der Waals surface area contributed by atoms with Crippen LogP contribution in [0.5, 0.6) is 0 Å². The highest BCUT2D eigenvalue weighted by Gasteiger charge is 2.26. The van der Waals surface area contributed by atoms with Gasteiger partial charge in [-0.1, -0.05) is 6.92 Å². The number of esters is 1. The second-order valence-electron chi connectivity index (χ2n) is 7.07. The van der Waals surface area contributed by atoms with Crippen molar-refractivity contribution >= 4 is 34.1 Å². The van der Waals surface area contributed by atoms with Crippen molar-refractivity contribution in [3.05, 3.63) is 57.1 Å². The van der Waals surface area contributed by atoms with Crippen molar-refractivity contribution in [2.24, 2.45) is 5.73 Å². The van der Waals surface area contributed by atoms with Crippen LogP contribution in [0.25, 0.3) is 0 Å². The lowest BCUT2D eigenvalue weighted by atomic mass is 10.1. The van der Waals surface area contributed by atoms with Crippen molar-refractivity contribution in [1.82, 2.24) is 9.78 Å². The van der Waals surface area contributed by atoms with Crippen LogP contribution < -0.4 is 11.1 Å². The van der Waals surface area contributed by atoms with Crippen molar-refractivity contribution in [2.45, 2.75) is 40.7 Å². The number of hydrogen-bond donors (Lipinski definition) is 2. The van der Waals surface area contributed by atoms with Gasteiger partial charge in [0.1, 0.15) is 10.8 Å². The number of primary amides is 1. The molecule has 0 fully saturated rings.